The van der Waals surface area contributed by atoms with E-state index in [1.165, 1.54) is 17.6 Å². The summed E-state index contributed by atoms with van der Waals surface area (Å²) in [6.07, 6.45) is 3.85. The number of hydrogen-bond acceptors (Lipinski definition) is 4. The van der Waals surface area contributed by atoms with Gasteiger partial charge in [-0.3, -0.25) is 0 Å². The molecule has 1 aromatic heterocycles. The second-order valence-corrected chi connectivity index (χ2v) is 5.43. The van der Waals surface area contributed by atoms with Gasteiger partial charge in [-0.15, -0.1) is 0 Å². The second kappa shape index (κ2) is 7.73. The molecule has 0 spiro atoms. The molecule has 22 heavy (non-hydrogen) atoms. The van der Waals surface area contributed by atoms with Crippen molar-refractivity contribution in [3.05, 3.63) is 47.7 Å². The summed E-state index contributed by atoms with van der Waals surface area (Å²) in [5.41, 5.74) is 2.93. The fraction of sp³-hybridized carbons (Fsp3) is 0.412. The maximum atomic E-state index is 14.0. The summed E-state index contributed by atoms with van der Waals surface area (Å²) >= 11 is 0. The van der Waals surface area contributed by atoms with Crippen LogP contribution in [0, 0.1) is 5.82 Å². The molecule has 2 rings (SSSR count). The summed E-state index contributed by atoms with van der Waals surface area (Å²) < 4.78 is 14.0. The zero-order valence-corrected chi connectivity index (χ0v) is 13.4. The Kier molecular flexibility index (Phi) is 5.69. The predicted molar refractivity (Wildman–Crippen MR) is 88.9 cm³/mol. The lowest BCUT2D eigenvalue weighted by Gasteiger charge is -2.12. The first-order chi connectivity index (χ1) is 10.6. The van der Waals surface area contributed by atoms with Crippen LogP contribution in [0.4, 0.5) is 15.9 Å². The minimum absolute atomic E-state index is 0.301. The Morgan fingerprint density at radius 3 is 2.50 bits per heavy atom. The summed E-state index contributed by atoms with van der Waals surface area (Å²) in [4.78, 5) is 9.96. The number of rotatable bonds is 7. The van der Waals surface area contributed by atoms with E-state index >= 15 is 0 Å². The fourth-order valence-electron chi connectivity index (χ4n) is 2.24. The van der Waals surface area contributed by atoms with E-state index in [0.717, 1.165) is 12.8 Å². The third kappa shape index (κ3) is 4.16. The first kappa shape index (κ1) is 16.2. The fourth-order valence-corrected chi connectivity index (χ4v) is 2.24. The minimum Gasteiger partial charge on any atom is -0.378 e. The van der Waals surface area contributed by atoms with Crippen LogP contribution in [-0.4, -0.2) is 30.6 Å². The van der Waals surface area contributed by atoms with Crippen molar-refractivity contribution in [3.63, 3.8) is 0 Å². The molecule has 0 amide bonds. The number of anilines is 2. The summed E-state index contributed by atoms with van der Waals surface area (Å²) in [6, 6.07) is 8.49. The van der Waals surface area contributed by atoms with Gasteiger partial charge in [0.2, 0.25) is 0 Å². The number of aromatic nitrogens is 2. The predicted octanol–water partition coefficient (Wildman–Crippen LogP) is 3.29. The van der Waals surface area contributed by atoms with Crippen LogP contribution in [0.3, 0.4) is 0 Å². The number of nitrogens with one attached hydrogen (secondary N) is 1. The van der Waals surface area contributed by atoms with Crippen molar-refractivity contribution in [1.29, 1.82) is 0 Å². The molecule has 1 aromatic carbocycles. The maximum Gasteiger partial charge on any atom is 0.186 e. The van der Waals surface area contributed by atoms with Crippen molar-refractivity contribution in [1.82, 2.24) is 9.97 Å². The Labute approximate surface area is 131 Å². The standard InChI is InChI=1S/C17H23FN4/c1-4-15-16(18)17(21-12-20-15)19-11-5-6-13-7-9-14(10-8-13)22(2)3/h7-10,12H,4-6,11H2,1-3H3,(H,19,20,21). The topological polar surface area (TPSA) is 41.1 Å². The monoisotopic (exact) mass is 302 g/mol. The van der Waals surface area contributed by atoms with Gasteiger partial charge in [0.25, 0.3) is 0 Å². The molecule has 0 aliphatic rings. The van der Waals surface area contributed by atoms with E-state index in [1.54, 1.807) is 0 Å². The van der Waals surface area contributed by atoms with Crippen LogP contribution >= 0.6 is 0 Å². The highest BCUT2D eigenvalue weighted by Gasteiger charge is 2.08. The van der Waals surface area contributed by atoms with E-state index in [4.69, 9.17) is 0 Å². The zero-order valence-electron chi connectivity index (χ0n) is 13.4. The lowest BCUT2D eigenvalue weighted by atomic mass is 10.1. The SMILES string of the molecule is CCc1ncnc(NCCCc2ccc(N(C)C)cc2)c1F. The molecule has 0 saturated carbocycles. The molecule has 0 fully saturated rings. The lowest BCUT2D eigenvalue weighted by molar-refractivity contribution is 0.596. The van der Waals surface area contributed by atoms with E-state index in [2.05, 4.69) is 44.5 Å². The third-order valence-electron chi connectivity index (χ3n) is 3.58. The highest BCUT2D eigenvalue weighted by atomic mass is 19.1. The summed E-state index contributed by atoms with van der Waals surface area (Å²) in [6.45, 7) is 2.57. The molecule has 4 nitrogen and oxygen atoms in total. The molecule has 118 valence electrons. The van der Waals surface area contributed by atoms with E-state index in [1.807, 2.05) is 21.0 Å². The zero-order chi connectivity index (χ0) is 15.9. The van der Waals surface area contributed by atoms with E-state index < -0.39 is 0 Å². The van der Waals surface area contributed by atoms with Crippen LogP contribution in [-0.2, 0) is 12.8 Å². The van der Waals surface area contributed by atoms with Crippen LogP contribution in [0.1, 0.15) is 24.6 Å². The van der Waals surface area contributed by atoms with Gasteiger partial charge in [0, 0.05) is 26.3 Å². The van der Waals surface area contributed by atoms with Crippen molar-refractivity contribution in [2.24, 2.45) is 0 Å². The molecule has 2 aromatic rings. The molecule has 0 saturated heterocycles. The quantitative estimate of drug-likeness (QED) is 0.797. The van der Waals surface area contributed by atoms with Crippen LogP contribution < -0.4 is 10.2 Å². The average molecular weight is 302 g/mol. The summed E-state index contributed by atoms with van der Waals surface area (Å²) in [5.74, 6) is -0.0323. The molecule has 1 heterocycles. The van der Waals surface area contributed by atoms with Crippen molar-refractivity contribution >= 4 is 11.5 Å². The maximum absolute atomic E-state index is 14.0. The lowest BCUT2D eigenvalue weighted by Crippen LogP contribution is -2.09. The van der Waals surface area contributed by atoms with Crippen LogP contribution in [0.15, 0.2) is 30.6 Å². The van der Waals surface area contributed by atoms with Gasteiger partial charge in [0.1, 0.15) is 6.33 Å². The second-order valence-electron chi connectivity index (χ2n) is 5.43. The number of nitrogens with zero attached hydrogens (tertiary/aromatic N) is 3. The number of aryl methyl sites for hydroxylation is 2. The van der Waals surface area contributed by atoms with Gasteiger partial charge in [-0.1, -0.05) is 19.1 Å². The first-order valence-corrected chi connectivity index (χ1v) is 7.61. The Morgan fingerprint density at radius 1 is 1.14 bits per heavy atom. The molecule has 1 N–H and O–H groups in total. The van der Waals surface area contributed by atoms with Crippen LogP contribution in [0.5, 0.6) is 0 Å². The molecule has 0 aliphatic heterocycles. The Morgan fingerprint density at radius 2 is 1.86 bits per heavy atom. The molecular weight excluding hydrogens is 279 g/mol. The number of hydrogen-bond donors (Lipinski definition) is 1. The van der Waals surface area contributed by atoms with E-state index in [9.17, 15) is 4.39 Å². The van der Waals surface area contributed by atoms with Crippen molar-refractivity contribution in [2.75, 3.05) is 30.9 Å². The molecule has 0 aliphatic carbocycles. The first-order valence-electron chi connectivity index (χ1n) is 7.61. The molecule has 0 bridgehead atoms. The van der Waals surface area contributed by atoms with Gasteiger partial charge in [0.05, 0.1) is 5.69 Å². The van der Waals surface area contributed by atoms with Crippen molar-refractivity contribution in [2.45, 2.75) is 26.2 Å². The largest absolute Gasteiger partial charge is 0.378 e. The van der Waals surface area contributed by atoms with Gasteiger partial charge in [0.15, 0.2) is 11.6 Å². The van der Waals surface area contributed by atoms with Gasteiger partial charge in [-0.25, -0.2) is 14.4 Å². The molecule has 0 atom stereocenters. The van der Waals surface area contributed by atoms with Crippen LogP contribution in [0.25, 0.3) is 0 Å². The number of halogens is 1. The van der Waals surface area contributed by atoms with Crippen molar-refractivity contribution < 1.29 is 4.39 Å². The average Bonchev–Trinajstić information content (AvgIpc) is 2.53. The molecule has 0 radical (unpaired) electrons. The Bertz CT molecular complexity index is 596. The van der Waals surface area contributed by atoms with E-state index in [0.29, 0.717) is 24.5 Å². The van der Waals surface area contributed by atoms with E-state index in [-0.39, 0.29) is 5.82 Å². The van der Waals surface area contributed by atoms with Gasteiger partial charge >= 0.3 is 0 Å². The number of benzene rings is 1. The molecule has 5 heteroatoms. The summed E-state index contributed by atoms with van der Waals surface area (Å²) in [5, 5.41) is 3.05. The highest BCUT2D eigenvalue weighted by Crippen LogP contribution is 2.15. The third-order valence-corrected chi connectivity index (χ3v) is 3.58. The Hall–Kier alpha value is -2.17. The summed E-state index contributed by atoms with van der Waals surface area (Å²) in [7, 11) is 4.06. The van der Waals surface area contributed by atoms with Crippen LogP contribution in [0.2, 0.25) is 0 Å². The van der Waals surface area contributed by atoms with Gasteiger partial charge in [-0.2, -0.15) is 0 Å². The minimum atomic E-state index is -0.333. The smallest absolute Gasteiger partial charge is 0.186 e. The highest BCUT2D eigenvalue weighted by molar-refractivity contribution is 5.46. The van der Waals surface area contributed by atoms with Gasteiger partial charge < -0.3 is 10.2 Å². The normalized spacial score (nSPS) is 10.5. The molecular formula is C17H23FN4. The molecule has 0 unspecified atom stereocenters. The van der Waals surface area contributed by atoms with Gasteiger partial charge in [-0.05, 0) is 37.0 Å². The Balaban J connectivity index is 1.82. The van der Waals surface area contributed by atoms with Crippen molar-refractivity contribution in [3.8, 4) is 0 Å².